The Morgan fingerprint density at radius 3 is 2.97 bits per heavy atom. The number of rotatable bonds is 3. The van der Waals surface area contributed by atoms with Gasteiger partial charge in [-0.25, -0.2) is 14.3 Å². The van der Waals surface area contributed by atoms with Gasteiger partial charge in [0.25, 0.3) is 5.56 Å². The van der Waals surface area contributed by atoms with Crippen LogP contribution in [0.25, 0.3) is 11.1 Å². The van der Waals surface area contributed by atoms with Crippen molar-refractivity contribution in [2.24, 2.45) is 0 Å². The van der Waals surface area contributed by atoms with Crippen molar-refractivity contribution in [3.8, 4) is 16.9 Å². The van der Waals surface area contributed by atoms with Crippen LogP contribution in [0.3, 0.4) is 0 Å². The first-order valence-electron chi connectivity index (χ1n) is 10.1. The van der Waals surface area contributed by atoms with Gasteiger partial charge in [-0.05, 0) is 43.0 Å². The van der Waals surface area contributed by atoms with E-state index in [9.17, 15) is 14.0 Å². The number of benzene rings is 1. The van der Waals surface area contributed by atoms with Crippen LogP contribution in [0.5, 0.6) is 5.75 Å². The molecular weight excluding hydrogens is 437 g/mol. The van der Waals surface area contributed by atoms with Gasteiger partial charge in [0.15, 0.2) is 0 Å². The molecule has 5 rings (SSSR count). The molecule has 0 saturated carbocycles. The summed E-state index contributed by atoms with van der Waals surface area (Å²) in [5.74, 6) is -0.163. The third-order valence-electron chi connectivity index (χ3n) is 6.02. The van der Waals surface area contributed by atoms with E-state index in [0.717, 1.165) is 18.4 Å². The molecule has 2 amide bonds. The number of methoxy groups -OCH3 is 1. The fourth-order valence-electron chi connectivity index (χ4n) is 4.61. The lowest BCUT2D eigenvalue weighted by atomic mass is 9.99. The average molecular weight is 456 g/mol. The molecule has 2 bridgehead atoms. The molecule has 2 aliphatic rings. The molecule has 3 aromatic rings. The summed E-state index contributed by atoms with van der Waals surface area (Å²) in [6.07, 6.45) is 5.14. The summed E-state index contributed by atoms with van der Waals surface area (Å²) in [6, 6.07) is 5.10. The van der Waals surface area contributed by atoms with E-state index in [-0.39, 0.29) is 28.4 Å². The summed E-state index contributed by atoms with van der Waals surface area (Å²) in [4.78, 5) is 30.4. The lowest BCUT2D eigenvalue weighted by Crippen LogP contribution is -2.45. The fraction of sp³-hybridized carbons (Fsp3) is 0.273. The number of amides is 2. The lowest BCUT2D eigenvalue weighted by Gasteiger charge is -2.35. The highest BCUT2D eigenvalue weighted by Gasteiger charge is 2.44. The van der Waals surface area contributed by atoms with Crippen LogP contribution in [-0.4, -0.2) is 39.3 Å². The maximum Gasteiger partial charge on any atom is 0.322 e. The molecule has 0 radical (unpaired) electrons. The summed E-state index contributed by atoms with van der Waals surface area (Å²) < 4.78 is 20.3. The second-order valence-corrected chi connectivity index (χ2v) is 8.23. The highest BCUT2D eigenvalue weighted by molar-refractivity contribution is 6.33. The molecule has 2 N–H and O–H groups in total. The zero-order valence-corrected chi connectivity index (χ0v) is 17.8. The normalized spacial score (nSPS) is 18.9. The number of pyridine rings is 1. The van der Waals surface area contributed by atoms with Gasteiger partial charge in [-0.2, -0.15) is 5.10 Å². The lowest BCUT2D eigenvalue weighted by molar-refractivity contribution is 0.177. The third kappa shape index (κ3) is 3.38. The van der Waals surface area contributed by atoms with Crippen LogP contribution in [0.2, 0.25) is 5.02 Å². The molecule has 32 heavy (non-hydrogen) atoms. The maximum atomic E-state index is 15.0. The number of fused-ring (bicyclic) bond motifs is 4. The number of aromatic nitrogens is 3. The van der Waals surface area contributed by atoms with E-state index in [1.54, 1.807) is 17.2 Å². The van der Waals surface area contributed by atoms with Crippen LogP contribution in [0.1, 0.15) is 30.1 Å². The number of anilines is 1. The summed E-state index contributed by atoms with van der Waals surface area (Å²) in [7, 11) is 1.49. The number of carbonyl (C=O) groups excluding carboxylic acids is 1. The smallest absolute Gasteiger partial charge is 0.322 e. The van der Waals surface area contributed by atoms with E-state index >= 15 is 0 Å². The molecule has 0 spiro atoms. The van der Waals surface area contributed by atoms with Crippen molar-refractivity contribution in [2.75, 3.05) is 12.4 Å². The van der Waals surface area contributed by atoms with Gasteiger partial charge in [0.1, 0.15) is 11.6 Å². The van der Waals surface area contributed by atoms with Crippen LogP contribution in [0.4, 0.5) is 14.9 Å². The summed E-state index contributed by atoms with van der Waals surface area (Å²) in [5.41, 5.74) is 2.29. The first-order valence-corrected chi connectivity index (χ1v) is 10.5. The number of nitrogens with one attached hydrogen (secondary N) is 2. The molecule has 4 heterocycles. The van der Waals surface area contributed by atoms with Gasteiger partial charge in [0.2, 0.25) is 0 Å². The Kier molecular flexibility index (Phi) is 5.05. The number of halogens is 2. The van der Waals surface area contributed by atoms with Crippen LogP contribution in [0.15, 0.2) is 41.5 Å². The minimum Gasteiger partial charge on any atom is -0.494 e. The predicted molar refractivity (Wildman–Crippen MR) is 116 cm³/mol. The van der Waals surface area contributed by atoms with Gasteiger partial charge in [-0.1, -0.05) is 11.6 Å². The number of hydrogen-bond acceptors (Lipinski definition) is 5. The number of nitrogens with zero attached hydrogens (tertiary/aromatic N) is 3. The van der Waals surface area contributed by atoms with Gasteiger partial charge in [-0.15, -0.1) is 0 Å². The minimum absolute atomic E-state index is 0.0172. The number of urea groups is 1. The van der Waals surface area contributed by atoms with E-state index < -0.39 is 11.8 Å². The second-order valence-electron chi connectivity index (χ2n) is 7.82. The SMILES string of the molecule is COc1cnccc1-c1cc(F)c(NC(=O)N2[C@H]3CC[C@@H]2c2n[nH]c(=O)cc2C3)cc1Cl. The Bertz CT molecular complexity index is 1280. The maximum absolute atomic E-state index is 15.0. The molecule has 2 aliphatic heterocycles. The largest absolute Gasteiger partial charge is 0.494 e. The molecule has 1 aromatic carbocycles. The molecule has 1 fully saturated rings. The Morgan fingerprint density at radius 1 is 1.31 bits per heavy atom. The first-order chi connectivity index (χ1) is 15.5. The molecule has 0 aliphatic carbocycles. The molecule has 0 unspecified atom stereocenters. The van der Waals surface area contributed by atoms with Gasteiger partial charge < -0.3 is 15.0 Å². The average Bonchev–Trinajstić information content (AvgIpc) is 3.11. The topological polar surface area (TPSA) is 100 Å². The van der Waals surface area contributed by atoms with Crippen LogP contribution < -0.4 is 15.6 Å². The molecular formula is C22H19ClFN5O3. The van der Waals surface area contributed by atoms with Crippen LogP contribution in [0, 0.1) is 5.82 Å². The standard InChI is InChI=1S/C22H19ClFN5O3/c1-32-19-10-25-5-4-13(19)14-8-16(24)17(9-15(14)23)26-22(31)29-12-2-3-18(29)21-11(6-12)7-20(30)27-28-21/h4-5,7-10,12,18H,2-3,6H2,1H3,(H,26,31)(H,27,30)/t12-,18+/m0/s1. The zero-order valence-electron chi connectivity index (χ0n) is 17.1. The predicted octanol–water partition coefficient (Wildman–Crippen LogP) is 3.93. The summed E-state index contributed by atoms with van der Waals surface area (Å²) >= 11 is 6.43. The second kappa shape index (κ2) is 7.90. The molecule has 2 atom stereocenters. The van der Waals surface area contributed by atoms with Crippen molar-refractivity contribution < 1.29 is 13.9 Å². The first kappa shape index (κ1) is 20.4. The molecule has 1 saturated heterocycles. The zero-order chi connectivity index (χ0) is 22.4. The Hall–Kier alpha value is -3.46. The van der Waals surface area contributed by atoms with Gasteiger partial charge >= 0.3 is 6.03 Å². The number of carbonyl (C=O) groups is 1. The van der Waals surface area contributed by atoms with Crippen molar-refractivity contribution in [1.82, 2.24) is 20.1 Å². The van der Waals surface area contributed by atoms with Crippen molar-refractivity contribution in [2.45, 2.75) is 31.3 Å². The van der Waals surface area contributed by atoms with Crippen molar-refractivity contribution in [3.05, 3.63) is 69.1 Å². The highest BCUT2D eigenvalue weighted by atomic mass is 35.5. The van der Waals surface area contributed by atoms with Crippen LogP contribution in [-0.2, 0) is 6.42 Å². The molecule has 10 heteroatoms. The molecule has 2 aromatic heterocycles. The number of ether oxygens (including phenoxy) is 1. The Morgan fingerprint density at radius 2 is 2.16 bits per heavy atom. The van der Waals surface area contributed by atoms with Gasteiger partial charge in [0.05, 0.1) is 35.8 Å². The minimum atomic E-state index is -0.621. The monoisotopic (exact) mass is 455 g/mol. The summed E-state index contributed by atoms with van der Waals surface area (Å²) in [6.45, 7) is 0. The molecule has 8 nitrogen and oxygen atoms in total. The van der Waals surface area contributed by atoms with Crippen molar-refractivity contribution in [3.63, 3.8) is 0 Å². The van der Waals surface area contributed by atoms with Gasteiger partial charge in [-0.3, -0.25) is 9.78 Å². The van der Waals surface area contributed by atoms with E-state index in [1.807, 2.05) is 0 Å². The van der Waals surface area contributed by atoms with Gasteiger partial charge in [0, 0.05) is 29.4 Å². The molecule has 164 valence electrons. The summed E-state index contributed by atoms with van der Waals surface area (Å²) in [5, 5.41) is 9.52. The van der Waals surface area contributed by atoms with E-state index in [1.165, 1.54) is 31.5 Å². The van der Waals surface area contributed by atoms with E-state index in [2.05, 4.69) is 20.5 Å². The van der Waals surface area contributed by atoms with Crippen LogP contribution >= 0.6 is 11.6 Å². The number of aromatic amines is 1. The van der Waals surface area contributed by atoms with Crippen molar-refractivity contribution in [1.29, 1.82) is 0 Å². The quantitative estimate of drug-likeness (QED) is 0.623. The van der Waals surface area contributed by atoms with E-state index in [4.69, 9.17) is 16.3 Å². The Labute approximate surface area is 187 Å². The third-order valence-corrected chi connectivity index (χ3v) is 6.33. The highest BCUT2D eigenvalue weighted by Crippen LogP contribution is 2.43. The number of hydrogen-bond donors (Lipinski definition) is 2. The van der Waals surface area contributed by atoms with Crippen molar-refractivity contribution >= 4 is 23.3 Å². The Balaban J connectivity index is 1.42. The number of H-pyrrole nitrogens is 1. The van der Waals surface area contributed by atoms with E-state index in [0.29, 0.717) is 29.0 Å². The fourth-order valence-corrected chi connectivity index (χ4v) is 4.88.